The Hall–Kier alpha value is -0.160. The molecule has 0 saturated heterocycles. The first-order valence-corrected chi connectivity index (χ1v) is 9.37. The van der Waals surface area contributed by atoms with E-state index < -0.39 is 43.0 Å². The van der Waals surface area contributed by atoms with Gasteiger partial charge in [0.25, 0.3) is 12.1 Å². The van der Waals surface area contributed by atoms with Crippen LogP contribution < -0.4 is 29.6 Å². The van der Waals surface area contributed by atoms with Gasteiger partial charge >= 0.3 is 29.6 Å². The zero-order chi connectivity index (χ0) is 15.4. The molecule has 1 aliphatic carbocycles. The third-order valence-electron chi connectivity index (χ3n) is 3.40. The van der Waals surface area contributed by atoms with Crippen LogP contribution in [0.2, 0.25) is 0 Å². The van der Waals surface area contributed by atoms with Gasteiger partial charge in [-0.2, -0.15) is 0 Å². The molecule has 21 heavy (non-hydrogen) atoms. The summed E-state index contributed by atoms with van der Waals surface area (Å²) in [7, 11) is -7.94. The van der Waals surface area contributed by atoms with E-state index in [1.165, 1.54) is 0 Å². The summed E-state index contributed by atoms with van der Waals surface area (Å²) in [5.74, 6) is -1.07. The van der Waals surface area contributed by atoms with Crippen molar-refractivity contribution in [1.82, 2.24) is 0 Å². The number of nitrogens with zero attached hydrogens (tertiary/aromatic N) is 2. The van der Waals surface area contributed by atoms with E-state index in [0.29, 0.717) is 12.8 Å². The van der Waals surface area contributed by atoms with Gasteiger partial charge in [0.15, 0.2) is 9.84 Å². The molecule has 3 unspecified atom stereocenters. The summed E-state index contributed by atoms with van der Waals surface area (Å²) in [6.07, 6.45) is 0.564. The van der Waals surface area contributed by atoms with Crippen LogP contribution >= 0.6 is 0 Å². The maximum atomic E-state index is 12.1. The van der Waals surface area contributed by atoms with Gasteiger partial charge in [-0.3, -0.25) is 0 Å². The summed E-state index contributed by atoms with van der Waals surface area (Å²) >= 11 is 0. The fourth-order valence-electron chi connectivity index (χ4n) is 2.31. The van der Waals surface area contributed by atoms with Gasteiger partial charge in [0.1, 0.15) is 0 Å². The summed E-state index contributed by atoms with van der Waals surface area (Å²) in [6.45, 7) is 14.0. The minimum absolute atomic E-state index is 0. The third-order valence-corrected chi connectivity index (χ3v) is 6.49. The Morgan fingerprint density at radius 2 is 1.57 bits per heavy atom. The molecule has 3 atom stereocenters. The van der Waals surface area contributed by atoms with Gasteiger partial charge in [0, 0.05) is 18.6 Å². The van der Waals surface area contributed by atoms with Crippen molar-refractivity contribution in [2.75, 3.05) is 11.5 Å². The van der Waals surface area contributed by atoms with Crippen molar-refractivity contribution in [3.63, 3.8) is 0 Å². The van der Waals surface area contributed by atoms with Crippen LogP contribution in [0.25, 0.3) is 9.69 Å². The van der Waals surface area contributed by atoms with E-state index in [0.717, 1.165) is 0 Å². The Labute approximate surface area is 147 Å². The third kappa shape index (κ3) is 6.64. The molecule has 0 amide bonds. The molecule has 0 heterocycles. The monoisotopic (exact) mass is 342 g/mol. The Morgan fingerprint density at radius 1 is 1.00 bits per heavy atom. The van der Waals surface area contributed by atoms with Gasteiger partial charge in [-0.05, 0) is 12.8 Å². The Bertz CT molecular complexity index is 633. The van der Waals surface area contributed by atoms with Crippen LogP contribution in [-0.4, -0.2) is 50.2 Å². The molecule has 0 aliphatic heterocycles. The molecule has 0 aromatic rings. The smallest absolute Gasteiger partial charge is 0.748 e. The van der Waals surface area contributed by atoms with Crippen LogP contribution in [0.1, 0.15) is 25.7 Å². The summed E-state index contributed by atoms with van der Waals surface area (Å²) < 4.78 is 55.5. The van der Waals surface area contributed by atoms with Crippen molar-refractivity contribution in [3.8, 4) is 0 Å². The van der Waals surface area contributed by atoms with Crippen molar-refractivity contribution in [1.29, 1.82) is 0 Å². The van der Waals surface area contributed by atoms with Gasteiger partial charge in [-0.1, -0.05) is 0 Å². The SMILES string of the molecule is [C-]#[N+]C1CCC(S(=O)(=O)CCCS(=O)(=O)[O-])CC1[N+]#[C-].[Na+]. The van der Waals surface area contributed by atoms with Gasteiger partial charge in [0.2, 0.25) is 0 Å². The fraction of sp³-hybridized carbons (Fsp3) is 0.818. The summed E-state index contributed by atoms with van der Waals surface area (Å²) in [6, 6.07) is -1.08. The normalized spacial score (nSPS) is 26.1. The Morgan fingerprint density at radius 3 is 2.05 bits per heavy atom. The molecule has 112 valence electrons. The predicted octanol–water partition coefficient (Wildman–Crippen LogP) is -2.53. The van der Waals surface area contributed by atoms with Crippen molar-refractivity contribution in [3.05, 3.63) is 22.8 Å². The molecule has 1 rings (SSSR count). The van der Waals surface area contributed by atoms with Crippen molar-refractivity contribution in [2.24, 2.45) is 0 Å². The molecular formula is C11H15N2NaO5S2. The van der Waals surface area contributed by atoms with Crippen LogP contribution in [-0.2, 0) is 20.0 Å². The summed E-state index contributed by atoms with van der Waals surface area (Å²) in [4.78, 5) is 6.64. The van der Waals surface area contributed by atoms with Crippen molar-refractivity contribution in [2.45, 2.75) is 43.0 Å². The average molecular weight is 342 g/mol. The standard InChI is InChI=1S/C11H16N2O5S2.Na/c1-12-10-5-4-9(8-11(10)13-2)19(14,15)6-3-7-20(16,17)18;/h9-11H,3-8H2,(H,16,17,18);/q;+1/p-1. The van der Waals surface area contributed by atoms with E-state index in [4.69, 9.17) is 13.1 Å². The van der Waals surface area contributed by atoms with E-state index in [1.807, 2.05) is 0 Å². The molecule has 10 heteroatoms. The molecule has 7 nitrogen and oxygen atoms in total. The predicted molar refractivity (Wildman–Crippen MR) is 71.4 cm³/mol. The summed E-state index contributed by atoms with van der Waals surface area (Å²) in [5.41, 5.74) is 0. The second-order valence-electron chi connectivity index (χ2n) is 4.81. The molecule has 0 aromatic heterocycles. The van der Waals surface area contributed by atoms with E-state index in [2.05, 4.69) is 9.69 Å². The van der Waals surface area contributed by atoms with Gasteiger partial charge in [-0.15, -0.1) is 0 Å². The van der Waals surface area contributed by atoms with Crippen molar-refractivity contribution < 1.29 is 50.9 Å². The zero-order valence-corrected chi connectivity index (χ0v) is 15.4. The molecule has 1 fully saturated rings. The largest absolute Gasteiger partial charge is 1.00 e. The first-order chi connectivity index (χ1) is 9.19. The number of sulfone groups is 1. The first kappa shape index (κ1) is 20.8. The Balaban J connectivity index is 0.00000400. The maximum Gasteiger partial charge on any atom is 1.00 e. The number of rotatable bonds is 5. The van der Waals surface area contributed by atoms with E-state index >= 15 is 0 Å². The van der Waals surface area contributed by atoms with Gasteiger partial charge in [-0.25, -0.2) is 30.0 Å². The van der Waals surface area contributed by atoms with Gasteiger partial charge < -0.3 is 14.2 Å². The molecule has 1 aliphatic rings. The molecule has 0 aromatic carbocycles. The Kier molecular flexibility index (Phi) is 8.40. The molecule has 0 N–H and O–H groups in total. The van der Waals surface area contributed by atoms with Gasteiger partial charge in [0.05, 0.1) is 21.1 Å². The molecule has 0 radical (unpaired) electrons. The van der Waals surface area contributed by atoms with Crippen LogP contribution in [0.15, 0.2) is 0 Å². The first-order valence-electron chi connectivity index (χ1n) is 6.08. The van der Waals surface area contributed by atoms with Crippen molar-refractivity contribution >= 4 is 20.0 Å². The quantitative estimate of drug-likeness (QED) is 0.312. The van der Waals surface area contributed by atoms with Crippen LogP contribution in [0.5, 0.6) is 0 Å². The zero-order valence-electron chi connectivity index (χ0n) is 11.7. The minimum atomic E-state index is -4.41. The fourth-order valence-corrected chi connectivity index (χ4v) is 4.86. The van der Waals surface area contributed by atoms with E-state index in [9.17, 15) is 21.4 Å². The molecule has 0 bridgehead atoms. The maximum absolute atomic E-state index is 12.1. The topological polar surface area (TPSA) is 100 Å². The second-order valence-corrected chi connectivity index (χ2v) is 8.73. The molecule has 1 saturated carbocycles. The number of hydrogen-bond donors (Lipinski definition) is 0. The second kappa shape index (κ2) is 8.47. The van der Waals surface area contributed by atoms with Crippen LogP contribution in [0.4, 0.5) is 0 Å². The van der Waals surface area contributed by atoms with E-state index in [1.54, 1.807) is 0 Å². The average Bonchev–Trinajstić information content (AvgIpc) is 2.36. The van der Waals surface area contributed by atoms with E-state index in [-0.39, 0.29) is 48.2 Å². The summed E-state index contributed by atoms with van der Waals surface area (Å²) in [5, 5.41) is -0.714. The van der Waals surface area contributed by atoms with Crippen LogP contribution in [0.3, 0.4) is 0 Å². The molecular weight excluding hydrogens is 327 g/mol. The number of hydrogen-bond acceptors (Lipinski definition) is 5. The molecule has 0 spiro atoms. The van der Waals surface area contributed by atoms with Crippen LogP contribution in [0, 0.1) is 13.1 Å². The minimum Gasteiger partial charge on any atom is -0.748 e.